The van der Waals surface area contributed by atoms with Crippen LogP contribution >= 0.6 is 0 Å². The van der Waals surface area contributed by atoms with Crippen LogP contribution in [0.15, 0.2) is 30.3 Å². The first kappa shape index (κ1) is 20.2. The maximum Gasteiger partial charge on any atom is 0.274 e. The highest BCUT2D eigenvalue weighted by atomic mass is 19.1. The van der Waals surface area contributed by atoms with Crippen molar-refractivity contribution < 1.29 is 23.0 Å². The Hall–Kier alpha value is -2.74. The van der Waals surface area contributed by atoms with Gasteiger partial charge in [0.15, 0.2) is 17.4 Å². The molecule has 8 heteroatoms. The van der Waals surface area contributed by atoms with E-state index in [9.17, 15) is 13.6 Å². The Morgan fingerprint density at radius 3 is 2.48 bits per heavy atom. The van der Waals surface area contributed by atoms with E-state index < -0.39 is 17.5 Å². The van der Waals surface area contributed by atoms with E-state index in [2.05, 4.69) is 10.3 Å². The molecule has 2 aliphatic carbocycles. The van der Waals surface area contributed by atoms with Gasteiger partial charge >= 0.3 is 0 Å². The van der Waals surface area contributed by atoms with Crippen molar-refractivity contribution in [3.05, 3.63) is 47.7 Å². The molecule has 0 radical (unpaired) electrons. The number of rotatable bonds is 6. The number of hydrogen-bond acceptors (Lipinski definition) is 5. The Bertz CT molecular complexity index is 992. The molecule has 1 N–H and O–H groups in total. The van der Waals surface area contributed by atoms with E-state index in [1.165, 1.54) is 6.42 Å². The van der Waals surface area contributed by atoms with Gasteiger partial charge in [-0.2, -0.15) is 0 Å². The van der Waals surface area contributed by atoms with Crippen LogP contribution in [0.2, 0.25) is 0 Å². The highest BCUT2D eigenvalue weighted by Gasteiger charge is 2.47. The SMILES string of the molecule is COC1(C)CN(c2cccc(C(=O)Nc3cc(F)c(OC4CC5CC5C4)c(F)c3)n2)C1. The number of methoxy groups -OCH3 is 1. The summed E-state index contributed by atoms with van der Waals surface area (Å²) in [7, 11) is 1.67. The average molecular weight is 429 g/mol. The molecular weight excluding hydrogens is 404 g/mol. The van der Waals surface area contributed by atoms with Crippen molar-refractivity contribution >= 4 is 17.4 Å². The van der Waals surface area contributed by atoms with E-state index in [-0.39, 0.29) is 28.8 Å². The van der Waals surface area contributed by atoms with Crippen LogP contribution < -0.4 is 15.0 Å². The number of anilines is 2. The summed E-state index contributed by atoms with van der Waals surface area (Å²) in [4.78, 5) is 19.0. The van der Waals surface area contributed by atoms with Gasteiger partial charge in [-0.25, -0.2) is 13.8 Å². The smallest absolute Gasteiger partial charge is 0.274 e. The molecule has 164 valence electrons. The third kappa shape index (κ3) is 3.96. The van der Waals surface area contributed by atoms with Crippen molar-refractivity contribution in [1.29, 1.82) is 0 Å². The summed E-state index contributed by atoms with van der Waals surface area (Å²) < 4.78 is 40.0. The molecule has 31 heavy (non-hydrogen) atoms. The minimum absolute atomic E-state index is 0.0183. The molecular formula is C23H25F2N3O3. The van der Waals surface area contributed by atoms with Crippen LogP contribution in [0.3, 0.4) is 0 Å². The maximum atomic E-state index is 14.5. The number of amides is 1. The van der Waals surface area contributed by atoms with Gasteiger partial charge in [0.25, 0.3) is 5.91 Å². The van der Waals surface area contributed by atoms with Gasteiger partial charge in [-0.3, -0.25) is 4.79 Å². The van der Waals surface area contributed by atoms with E-state index >= 15 is 0 Å². The van der Waals surface area contributed by atoms with E-state index in [1.54, 1.807) is 19.2 Å². The lowest BCUT2D eigenvalue weighted by molar-refractivity contribution is -0.0171. The van der Waals surface area contributed by atoms with Gasteiger partial charge in [0.2, 0.25) is 0 Å². The van der Waals surface area contributed by atoms with Crippen molar-refractivity contribution in [1.82, 2.24) is 4.98 Å². The molecule has 0 spiro atoms. The number of ether oxygens (including phenoxy) is 2. The summed E-state index contributed by atoms with van der Waals surface area (Å²) in [6.07, 6.45) is 2.77. The molecule has 2 aromatic rings. The fourth-order valence-electron chi connectivity index (χ4n) is 4.64. The third-order valence-corrected chi connectivity index (χ3v) is 6.58. The Kier molecular flexibility index (Phi) is 4.84. The molecule has 2 saturated carbocycles. The van der Waals surface area contributed by atoms with Gasteiger partial charge in [-0.05, 0) is 50.2 Å². The lowest BCUT2D eigenvalue weighted by atomic mass is 9.96. The van der Waals surface area contributed by atoms with Gasteiger partial charge in [-0.15, -0.1) is 0 Å². The second-order valence-electron chi connectivity index (χ2n) is 9.08. The van der Waals surface area contributed by atoms with E-state index in [1.807, 2.05) is 17.9 Å². The molecule has 5 rings (SSSR count). The molecule has 2 heterocycles. The zero-order chi connectivity index (χ0) is 21.8. The molecule has 2 unspecified atom stereocenters. The second-order valence-corrected chi connectivity index (χ2v) is 9.08. The Morgan fingerprint density at radius 1 is 1.16 bits per heavy atom. The highest BCUT2D eigenvalue weighted by Crippen LogP contribution is 2.52. The number of fused-ring (bicyclic) bond motifs is 1. The summed E-state index contributed by atoms with van der Waals surface area (Å²) in [5, 5.41) is 2.52. The van der Waals surface area contributed by atoms with Gasteiger partial charge in [-0.1, -0.05) is 6.07 Å². The predicted octanol–water partition coefficient (Wildman–Crippen LogP) is 4.01. The van der Waals surface area contributed by atoms with Crippen molar-refractivity contribution in [3.63, 3.8) is 0 Å². The number of hydrogen-bond donors (Lipinski definition) is 1. The van der Waals surface area contributed by atoms with Crippen molar-refractivity contribution in [3.8, 4) is 5.75 Å². The Balaban J connectivity index is 1.25. The highest BCUT2D eigenvalue weighted by molar-refractivity contribution is 6.03. The van der Waals surface area contributed by atoms with E-state index in [0.29, 0.717) is 30.7 Å². The van der Waals surface area contributed by atoms with Crippen LogP contribution in [0.5, 0.6) is 5.75 Å². The number of halogens is 2. The van der Waals surface area contributed by atoms with Gasteiger partial charge < -0.3 is 19.7 Å². The first-order valence-electron chi connectivity index (χ1n) is 10.6. The van der Waals surface area contributed by atoms with Gasteiger partial charge in [0.1, 0.15) is 11.5 Å². The number of carbonyl (C=O) groups is 1. The fourth-order valence-corrected chi connectivity index (χ4v) is 4.64. The zero-order valence-corrected chi connectivity index (χ0v) is 17.5. The largest absolute Gasteiger partial charge is 0.484 e. The number of nitrogens with one attached hydrogen (secondary N) is 1. The minimum atomic E-state index is -0.822. The summed E-state index contributed by atoms with van der Waals surface area (Å²) in [6.45, 7) is 3.34. The monoisotopic (exact) mass is 429 g/mol. The third-order valence-electron chi connectivity index (χ3n) is 6.58. The van der Waals surface area contributed by atoms with Crippen molar-refractivity contribution in [2.45, 2.75) is 37.9 Å². The van der Waals surface area contributed by atoms with Crippen LogP contribution in [0.25, 0.3) is 0 Å². The Labute approximate surface area is 179 Å². The molecule has 1 amide bonds. The molecule has 1 aliphatic heterocycles. The van der Waals surface area contributed by atoms with Gasteiger partial charge in [0, 0.05) is 38.0 Å². The average Bonchev–Trinajstić information content (AvgIpc) is 3.34. The van der Waals surface area contributed by atoms with Crippen molar-refractivity contribution in [2.24, 2.45) is 11.8 Å². The van der Waals surface area contributed by atoms with Gasteiger partial charge in [0.05, 0.1) is 11.7 Å². The standard InChI is InChI=1S/C23H25F2N3O3/c1-23(30-2)11-28(12-23)20-5-3-4-19(27-20)22(29)26-15-9-17(24)21(18(25)10-15)31-16-7-13-6-14(13)8-16/h3-5,9-10,13-14,16H,6-8,11-12H2,1-2H3,(H,26,29). The number of carbonyl (C=O) groups excluding carboxylic acids is 1. The van der Waals surface area contributed by atoms with E-state index in [4.69, 9.17) is 9.47 Å². The second kappa shape index (κ2) is 7.44. The molecule has 6 nitrogen and oxygen atoms in total. The predicted molar refractivity (Wildman–Crippen MR) is 111 cm³/mol. The van der Waals surface area contributed by atoms with Crippen LogP contribution in [0.4, 0.5) is 20.3 Å². The molecule has 3 fully saturated rings. The molecule has 3 aliphatic rings. The van der Waals surface area contributed by atoms with Crippen LogP contribution in [0, 0.1) is 23.5 Å². The molecule has 1 saturated heterocycles. The lowest BCUT2D eigenvalue weighted by Crippen LogP contribution is -2.61. The minimum Gasteiger partial charge on any atom is -0.484 e. The number of benzene rings is 1. The molecule has 0 bridgehead atoms. The molecule has 1 aromatic heterocycles. The summed E-state index contributed by atoms with van der Waals surface area (Å²) in [5.41, 5.74) is -0.0443. The number of pyridine rings is 1. The molecule has 1 aromatic carbocycles. The quantitative estimate of drug-likeness (QED) is 0.752. The Morgan fingerprint density at radius 2 is 1.84 bits per heavy atom. The van der Waals surface area contributed by atoms with Crippen LogP contribution in [-0.2, 0) is 4.74 Å². The fraction of sp³-hybridized carbons (Fsp3) is 0.478. The maximum absolute atomic E-state index is 14.5. The van der Waals surface area contributed by atoms with E-state index in [0.717, 1.165) is 25.0 Å². The summed E-state index contributed by atoms with van der Waals surface area (Å²) in [5.74, 6) is -0.606. The van der Waals surface area contributed by atoms with Crippen molar-refractivity contribution in [2.75, 3.05) is 30.4 Å². The van der Waals surface area contributed by atoms with Crippen LogP contribution in [-0.4, -0.2) is 42.8 Å². The topological polar surface area (TPSA) is 63.7 Å². The first-order chi connectivity index (χ1) is 14.8. The number of nitrogens with zero attached hydrogens (tertiary/aromatic N) is 2. The summed E-state index contributed by atoms with van der Waals surface area (Å²) >= 11 is 0. The number of aromatic nitrogens is 1. The van der Waals surface area contributed by atoms with Crippen LogP contribution in [0.1, 0.15) is 36.7 Å². The zero-order valence-electron chi connectivity index (χ0n) is 17.5. The lowest BCUT2D eigenvalue weighted by Gasteiger charge is -2.47. The normalized spacial score (nSPS) is 25.5. The molecule has 2 atom stereocenters. The summed E-state index contributed by atoms with van der Waals surface area (Å²) in [6, 6.07) is 7.25. The first-order valence-corrected chi connectivity index (χ1v) is 10.6.